The Morgan fingerprint density at radius 2 is 0.518 bits per heavy atom. The van der Waals surface area contributed by atoms with Crippen LogP contribution in [0.1, 0.15) is 208 Å². The highest BCUT2D eigenvalue weighted by molar-refractivity contribution is 5.88. The third-order valence-electron chi connectivity index (χ3n) is 9.60. The summed E-state index contributed by atoms with van der Waals surface area (Å²) in [6.45, 7) is 39.3. The van der Waals surface area contributed by atoms with Crippen LogP contribution < -0.4 is 0 Å². The highest BCUT2D eigenvalue weighted by Gasteiger charge is 2.14. The summed E-state index contributed by atoms with van der Waals surface area (Å²) in [5.74, 6) is 3.57. The molecule has 0 saturated heterocycles. The number of hydrogen-bond acceptors (Lipinski definition) is 0. The van der Waals surface area contributed by atoms with Crippen LogP contribution in [0.5, 0.6) is 0 Å². The minimum absolute atomic E-state index is 0. The molecule has 0 nitrogen and oxygen atoms in total. The Hall–Kier alpha value is -3.90. The fourth-order valence-electron chi connectivity index (χ4n) is 7.20. The number of fused-ring (bicyclic) bond motifs is 3. The van der Waals surface area contributed by atoms with E-state index >= 15 is 0 Å². The molecule has 0 bridgehead atoms. The van der Waals surface area contributed by atoms with Gasteiger partial charge < -0.3 is 0 Å². The molecule has 0 amide bonds. The van der Waals surface area contributed by atoms with E-state index in [4.69, 9.17) is 0 Å². The van der Waals surface area contributed by atoms with Crippen molar-refractivity contribution in [1.82, 2.24) is 0 Å². The van der Waals surface area contributed by atoms with Crippen molar-refractivity contribution in [3.05, 3.63) is 143 Å². The first-order chi connectivity index (χ1) is 25.8. The molecule has 6 rings (SSSR count). The van der Waals surface area contributed by atoms with E-state index in [-0.39, 0.29) is 14.9 Å². The zero-order valence-corrected chi connectivity index (χ0v) is 37.9. The largest absolute Gasteiger partial charge is 0.0776 e. The molecule has 0 atom stereocenters. The smallest absolute Gasteiger partial charge is 0.0146 e. The fourth-order valence-corrected chi connectivity index (χ4v) is 7.20. The molecule has 0 saturated carbocycles. The van der Waals surface area contributed by atoms with E-state index in [1.165, 1.54) is 65.7 Å². The van der Waals surface area contributed by atoms with E-state index in [1.54, 1.807) is 0 Å². The highest BCUT2D eigenvalue weighted by Crippen LogP contribution is 2.34. The second-order valence-corrected chi connectivity index (χ2v) is 15.3. The summed E-state index contributed by atoms with van der Waals surface area (Å²) >= 11 is 0. The van der Waals surface area contributed by atoms with Crippen molar-refractivity contribution in [3.8, 4) is 0 Å². The van der Waals surface area contributed by atoms with Crippen molar-refractivity contribution >= 4 is 32.3 Å². The summed E-state index contributed by atoms with van der Waals surface area (Å²) in [4.78, 5) is 0. The first kappa shape index (κ1) is 54.2. The molecule has 0 radical (unpaired) electrons. The quantitative estimate of drug-likeness (QED) is 0.159. The van der Waals surface area contributed by atoms with Gasteiger partial charge in [-0.15, -0.1) is 0 Å². The van der Waals surface area contributed by atoms with Crippen LogP contribution in [0.2, 0.25) is 0 Å². The maximum atomic E-state index is 2.36. The van der Waals surface area contributed by atoms with E-state index < -0.39 is 0 Å². The predicted molar refractivity (Wildman–Crippen MR) is 264 cm³/mol. The lowest BCUT2D eigenvalue weighted by molar-refractivity contribution is 0.793. The van der Waals surface area contributed by atoms with Crippen LogP contribution in [-0.2, 0) is 0 Å². The van der Waals surface area contributed by atoms with Crippen LogP contribution in [0.15, 0.2) is 109 Å². The average Bonchev–Trinajstić information content (AvgIpc) is 3.18. The van der Waals surface area contributed by atoms with E-state index in [0.29, 0.717) is 35.5 Å². The minimum Gasteiger partial charge on any atom is -0.0776 e. The van der Waals surface area contributed by atoms with Crippen molar-refractivity contribution in [2.24, 2.45) is 0 Å². The van der Waals surface area contributed by atoms with Crippen LogP contribution in [0.3, 0.4) is 0 Å². The molecule has 0 aromatic heterocycles. The highest BCUT2D eigenvalue weighted by atomic mass is 14.2. The van der Waals surface area contributed by atoms with E-state index in [9.17, 15) is 0 Å². The van der Waals surface area contributed by atoms with Gasteiger partial charge in [-0.05, 0) is 101 Å². The third-order valence-corrected chi connectivity index (χ3v) is 9.60. The lowest BCUT2D eigenvalue weighted by Crippen LogP contribution is -1.99. The summed E-state index contributed by atoms with van der Waals surface area (Å²) in [6, 6.07) is 39.8. The third kappa shape index (κ3) is 14.6. The Bertz CT molecular complexity index is 1760. The van der Waals surface area contributed by atoms with Gasteiger partial charge in [0.2, 0.25) is 0 Å². The molecule has 0 aliphatic carbocycles. The topological polar surface area (TPSA) is 0 Å². The lowest BCUT2D eigenvalue weighted by Gasteiger charge is -2.18. The van der Waals surface area contributed by atoms with Gasteiger partial charge in [0, 0.05) is 0 Å². The monoisotopic (exact) mass is 759 g/mol. The summed E-state index contributed by atoms with van der Waals surface area (Å²) in [5, 5.41) is 8.27. The molecule has 0 unspecified atom stereocenters. The second kappa shape index (κ2) is 27.7. The van der Waals surface area contributed by atoms with Crippen molar-refractivity contribution in [2.45, 2.75) is 175 Å². The minimum atomic E-state index is 0. The summed E-state index contributed by atoms with van der Waals surface area (Å²) in [5.41, 5.74) is 9.02. The molecule has 0 fully saturated rings. The van der Waals surface area contributed by atoms with E-state index in [0.717, 1.165) is 0 Å². The van der Waals surface area contributed by atoms with Crippen LogP contribution in [0, 0.1) is 0 Å². The average molecular weight is 759 g/mol. The van der Waals surface area contributed by atoms with Crippen LogP contribution in [0.4, 0.5) is 0 Å². The van der Waals surface area contributed by atoms with Gasteiger partial charge >= 0.3 is 0 Å². The van der Waals surface area contributed by atoms with Crippen molar-refractivity contribution in [2.75, 3.05) is 0 Å². The number of benzene rings is 6. The molecule has 310 valence electrons. The summed E-state index contributed by atoms with van der Waals surface area (Å²) < 4.78 is 0. The first-order valence-corrected chi connectivity index (χ1v) is 21.4. The molecule has 0 aliphatic heterocycles. The van der Waals surface area contributed by atoms with Crippen LogP contribution >= 0.6 is 0 Å². The Labute approximate surface area is 348 Å². The Kier molecular flexibility index (Phi) is 26.8. The SMILES string of the molecule is C.C.CC.CC.CC.CC(C)c1cc2ccccc2cc1C(C)C.CC(C)c1ccc2ccccc2c1C(C)C.CC(C)c1ccc2ccccc2c1C(C)C. The van der Waals surface area contributed by atoms with Gasteiger partial charge in [0.15, 0.2) is 0 Å². The Morgan fingerprint density at radius 3 is 0.768 bits per heavy atom. The molecule has 0 heteroatoms. The van der Waals surface area contributed by atoms with Gasteiger partial charge in [-0.1, -0.05) is 249 Å². The molecule has 6 aromatic rings. The standard InChI is InChI=1S/3C16H20.3C2H6.2CH4/c1-11(2)15-9-13-7-5-6-8-14(13)10-16(15)12(3)4;2*1-11(2)14-10-9-13-7-5-6-8-15(13)16(14)12(3)4;3*1-2;;/h3*5-12H,1-4H3;3*1-2H3;2*1H4. The normalized spacial score (nSPS) is 10.3. The van der Waals surface area contributed by atoms with Gasteiger partial charge in [-0.3, -0.25) is 0 Å². The molecule has 0 N–H and O–H groups in total. The Morgan fingerprint density at radius 1 is 0.268 bits per heavy atom. The number of rotatable bonds is 6. The molecule has 0 spiro atoms. The Balaban J connectivity index is 0. The van der Waals surface area contributed by atoms with Crippen molar-refractivity contribution in [3.63, 3.8) is 0 Å². The number of hydrogen-bond donors (Lipinski definition) is 0. The van der Waals surface area contributed by atoms with Gasteiger partial charge in [-0.25, -0.2) is 0 Å². The van der Waals surface area contributed by atoms with Gasteiger partial charge in [0.25, 0.3) is 0 Å². The van der Waals surface area contributed by atoms with Crippen LogP contribution in [0.25, 0.3) is 32.3 Å². The summed E-state index contributed by atoms with van der Waals surface area (Å²) in [7, 11) is 0. The summed E-state index contributed by atoms with van der Waals surface area (Å²) in [6.07, 6.45) is 0. The van der Waals surface area contributed by atoms with E-state index in [2.05, 4.69) is 192 Å². The lowest BCUT2D eigenvalue weighted by atomic mass is 9.86. The maximum absolute atomic E-state index is 2.36. The van der Waals surface area contributed by atoms with Gasteiger partial charge in [0.05, 0.1) is 0 Å². The maximum Gasteiger partial charge on any atom is -0.0146 e. The molecule has 6 aromatic carbocycles. The molecule has 56 heavy (non-hydrogen) atoms. The fraction of sp³-hybridized carbons (Fsp3) is 0.464. The second-order valence-electron chi connectivity index (χ2n) is 15.3. The molecule has 0 aliphatic rings. The van der Waals surface area contributed by atoms with Crippen LogP contribution in [-0.4, -0.2) is 0 Å². The van der Waals surface area contributed by atoms with Crippen molar-refractivity contribution < 1.29 is 0 Å². The van der Waals surface area contributed by atoms with Gasteiger partial charge in [-0.2, -0.15) is 0 Å². The zero-order valence-electron chi connectivity index (χ0n) is 37.9. The van der Waals surface area contributed by atoms with E-state index in [1.807, 2.05) is 41.5 Å². The van der Waals surface area contributed by atoms with Gasteiger partial charge in [0.1, 0.15) is 0 Å². The molecule has 0 heterocycles. The first-order valence-electron chi connectivity index (χ1n) is 21.4. The zero-order chi connectivity index (χ0) is 41.1. The van der Waals surface area contributed by atoms with Crippen molar-refractivity contribution in [1.29, 1.82) is 0 Å². The predicted octanol–water partition coefficient (Wildman–Crippen LogP) is 19.6. The molecular weight excluding hydrogens is 673 g/mol. The molecular formula is C56H86.